The Morgan fingerprint density at radius 2 is 1.92 bits per heavy atom. The van der Waals surface area contributed by atoms with Gasteiger partial charge in [-0.05, 0) is 13.3 Å². The fourth-order valence-electron chi connectivity index (χ4n) is 0.723. The quantitative estimate of drug-likeness (QED) is 0.298. The molecule has 0 bridgehead atoms. The van der Waals surface area contributed by atoms with E-state index in [9.17, 15) is 9.59 Å². The molecule has 0 saturated carbocycles. The van der Waals surface area contributed by atoms with Crippen molar-refractivity contribution in [2.45, 2.75) is 20.3 Å². The first-order valence-corrected chi connectivity index (χ1v) is 3.55. The maximum absolute atomic E-state index is 10.9. The smallest absolute Gasteiger partial charge is 0.345 e. The molecule has 0 saturated heterocycles. The molecule has 0 amide bonds. The van der Waals surface area contributed by atoms with E-state index < -0.39 is 11.9 Å². The van der Waals surface area contributed by atoms with Gasteiger partial charge in [0.2, 0.25) is 0 Å². The maximum atomic E-state index is 10.9. The van der Waals surface area contributed by atoms with Gasteiger partial charge >= 0.3 is 11.9 Å². The summed E-state index contributed by atoms with van der Waals surface area (Å²) >= 11 is 0. The number of rotatable bonds is 3. The molecule has 0 heterocycles. The zero-order chi connectivity index (χ0) is 9.72. The lowest BCUT2D eigenvalue weighted by atomic mass is 10.1. The second-order valence-corrected chi connectivity index (χ2v) is 2.31. The molecule has 0 atom stereocenters. The number of esters is 1. The number of aliphatic carboxylic acids is 1. The molecule has 0 spiro atoms. The number of carboxylic acids is 1. The minimum Gasteiger partial charge on any atom is -0.477 e. The number of methoxy groups -OCH3 is 1. The van der Waals surface area contributed by atoms with Crippen LogP contribution in [0, 0.1) is 0 Å². The largest absolute Gasteiger partial charge is 0.477 e. The first kappa shape index (κ1) is 10.7. The summed E-state index contributed by atoms with van der Waals surface area (Å²) in [7, 11) is 1.16. The topological polar surface area (TPSA) is 63.6 Å². The van der Waals surface area contributed by atoms with Gasteiger partial charge in [-0.25, -0.2) is 9.59 Å². The average molecular weight is 172 g/mol. The van der Waals surface area contributed by atoms with Crippen LogP contribution in [0.25, 0.3) is 0 Å². The monoisotopic (exact) mass is 172 g/mol. The first-order chi connectivity index (χ1) is 5.54. The zero-order valence-electron chi connectivity index (χ0n) is 7.38. The maximum Gasteiger partial charge on any atom is 0.345 e. The van der Waals surface area contributed by atoms with Crippen LogP contribution in [-0.4, -0.2) is 24.2 Å². The van der Waals surface area contributed by atoms with Crippen molar-refractivity contribution in [1.82, 2.24) is 0 Å². The highest BCUT2D eigenvalue weighted by molar-refractivity contribution is 6.13. The third-order valence-electron chi connectivity index (χ3n) is 1.56. The van der Waals surface area contributed by atoms with Crippen LogP contribution in [0.1, 0.15) is 20.3 Å². The van der Waals surface area contributed by atoms with Crippen LogP contribution >= 0.6 is 0 Å². The molecule has 0 radical (unpaired) electrons. The lowest BCUT2D eigenvalue weighted by molar-refractivity contribution is -0.142. The van der Waals surface area contributed by atoms with Crippen LogP contribution in [0.2, 0.25) is 0 Å². The molecular weight excluding hydrogens is 160 g/mol. The minimum atomic E-state index is -1.24. The van der Waals surface area contributed by atoms with E-state index in [0.29, 0.717) is 12.0 Å². The standard InChI is InChI=1S/C8H12O4/c1-4-5(2)6(7(9)10)8(11)12-3/h4H2,1-3H3,(H,9,10)/b6-5-. The molecule has 0 unspecified atom stereocenters. The molecule has 0 rings (SSSR count). The van der Waals surface area contributed by atoms with Gasteiger partial charge in [-0.2, -0.15) is 0 Å². The number of ether oxygens (including phenoxy) is 1. The molecule has 4 nitrogen and oxygen atoms in total. The number of allylic oxidation sites excluding steroid dienone is 1. The van der Waals surface area contributed by atoms with Gasteiger partial charge in [-0.3, -0.25) is 0 Å². The van der Waals surface area contributed by atoms with Crippen molar-refractivity contribution in [2.75, 3.05) is 7.11 Å². The van der Waals surface area contributed by atoms with E-state index in [1.807, 2.05) is 0 Å². The third-order valence-corrected chi connectivity index (χ3v) is 1.56. The highest BCUT2D eigenvalue weighted by atomic mass is 16.5. The molecule has 0 fully saturated rings. The van der Waals surface area contributed by atoms with Gasteiger partial charge in [0.05, 0.1) is 7.11 Å². The summed E-state index contributed by atoms with van der Waals surface area (Å²) in [6.07, 6.45) is 0.525. The molecule has 0 aromatic heterocycles. The second-order valence-electron chi connectivity index (χ2n) is 2.31. The van der Waals surface area contributed by atoms with Crippen LogP contribution < -0.4 is 0 Å². The number of carbonyl (C=O) groups excluding carboxylic acids is 1. The Labute approximate surface area is 70.8 Å². The van der Waals surface area contributed by atoms with Gasteiger partial charge in [0.1, 0.15) is 5.57 Å². The molecule has 4 heteroatoms. The summed E-state index contributed by atoms with van der Waals surface area (Å²) in [6.45, 7) is 3.38. The van der Waals surface area contributed by atoms with Crippen molar-refractivity contribution in [3.05, 3.63) is 11.1 Å². The SMILES string of the molecule is CC/C(C)=C(/C(=O)O)C(=O)OC. The molecular formula is C8H12O4. The molecule has 0 aromatic carbocycles. The van der Waals surface area contributed by atoms with E-state index in [4.69, 9.17) is 5.11 Å². The Balaban J connectivity index is 4.91. The van der Waals surface area contributed by atoms with Crippen molar-refractivity contribution < 1.29 is 19.4 Å². The zero-order valence-corrected chi connectivity index (χ0v) is 7.38. The number of carbonyl (C=O) groups is 2. The van der Waals surface area contributed by atoms with Gasteiger partial charge in [-0.15, -0.1) is 0 Å². The van der Waals surface area contributed by atoms with Crippen molar-refractivity contribution in [1.29, 1.82) is 0 Å². The summed E-state index contributed by atoms with van der Waals surface area (Å²) in [6, 6.07) is 0. The van der Waals surface area contributed by atoms with Crippen molar-refractivity contribution in [3.63, 3.8) is 0 Å². The number of hydrogen-bond donors (Lipinski definition) is 1. The van der Waals surface area contributed by atoms with Gasteiger partial charge in [0.15, 0.2) is 0 Å². The summed E-state index contributed by atoms with van der Waals surface area (Å²) in [5, 5.41) is 8.62. The van der Waals surface area contributed by atoms with E-state index >= 15 is 0 Å². The number of hydrogen-bond acceptors (Lipinski definition) is 3. The molecule has 0 aliphatic heterocycles. The Hall–Kier alpha value is -1.32. The van der Waals surface area contributed by atoms with Gasteiger partial charge < -0.3 is 9.84 Å². The lowest BCUT2D eigenvalue weighted by Crippen LogP contribution is -2.15. The normalized spacial score (nSPS) is 11.9. The van der Waals surface area contributed by atoms with Crippen LogP contribution in [0.4, 0.5) is 0 Å². The van der Waals surface area contributed by atoms with Crippen LogP contribution in [0.3, 0.4) is 0 Å². The Morgan fingerprint density at radius 3 is 2.17 bits per heavy atom. The fraction of sp³-hybridized carbons (Fsp3) is 0.500. The Morgan fingerprint density at radius 1 is 1.42 bits per heavy atom. The van der Waals surface area contributed by atoms with E-state index in [2.05, 4.69) is 4.74 Å². The van der Waals surface area contributed by atoms with Gasteiger partial charge in [-0.1, -0.05) is 12.5 Å². The van der Waals surface area contributed by atoms with E-state index in [-0.39, 0.29) is 5.57 Å². The first-order valence-electron chi connectivity index (χ1n) is 3.55. The predicted molar refractivity (Wildman–Crippen MR) is 42.6 cm³/mol. The second kappa shape index (κ2) is 4.54. The molecule has 1 N–H and O–H groups in total. The molecule has 68 valence electrons. The van der Waals surface area contributed by atoms with E-state index in [0.717, 1.165) is 7.11 Å². The van der Waals surface area contributed by atoms with Gasteiger partial charge in [0.25, 0.3) is 0 Å². The highest BCUT2D eigenvalue weighted by Gasteiger charge is 2.19. The Kier molecular flexibility index (Phi) is 4.04. The van der Waals surface area contributed by atoms with Crippen molar-refractivity contribution in [2.24, 2.45) is 0 Å². The minimum absolute atomic E-state index is 0.264. The average Bonchev–Trinajstić information content (AvgIpc) is 2.03. The molecule has 0 aliphatic rings. The molecule has 0 aromatic rings. The fourth-order valence-corrected chi connectivity index (χ4v) is 0.723. The van der Waals surface area contributed by atoms with Gasteiger partial charge in [0, 0.05) is 0 Å². The summed E-state index contributed by atoms with van der Waals surface area (Å²) in [5.74, 6) is -2.02. The highest BCUT2D eigenvalue weighted by Crippen LogP contribution is 2.09. The van der Waals surface area contributed by atoms with E-state index in [1.54, 1.807) is 13.8 Å². The van der Waals surface area contributed by atoms with Crippen LogP contribution in [0.15, 0.2) is 11.1 Å². The summed E-state index contributed by atoms with van der Waals surface area (Å²) < 4.78 is 4.32. The molecule has 0 aliphatic carbocycles. The summed E-state index contributed by atoms with van der Waals surface area (Å²) in [5.41, 5.74) is 0.259. The van der Waals surface area contributed by atoms with Crippen LogP contribution in [0.5, 0.6) is 0 Å². The van der Waals surface area contributed by atoms with Crippen molar-refractivity contribution in [3.8, 4) is 0 Å². The molecule has 12 heavy (non-hydrogen) atoms. The van der Waals surface area contributed by atoms with E-state index in [1.165, 1.54) is 0 Å². The van der Waals surface area contributed by atoms with Crippen molar-refractivity contribution >= 4 is 11.9 Å². The number of carboxylic acid groups (broad SMARTS) is 1. The van der Waals surface area contributed by atoms with Crippen LogP contribution in [-0.2, 0) is 14.3 Å². The third kappa shape index (κ3) is 2.38. The Bertz CT molecular complexity index is 227. The lowest BCUT2D eigenvalue weighted by Gasteiger charge is -2.03. The summed E-state index contributed by atoms with van der Waals surface area (Å²) in [4.78, 5) is 21.4. The predicted octanol–water partition coefficient (Wildman–Crippen LogP) is 0.970.